The van der Waals surface area contributed by atoms with E-state index in [0.29, 0.717) is 11.5 Å². The Bertz CT molecular complexity index is 853. The normalized spacial score (nSPS) is 15.9. The number of hydrogen-bond donors (Lipinski definition) is 2. The Labute approximate surface area is 197 Å². The summed E-state index contributed by atoms with van der Waals surface area (Å²) in [5.74, 6) is -2.18. The Kier molecular flexibility index (Phi) is 10.7. The molecule has 32 heavy (non-hydrogen) atoms. The summed E-state index contributed by atoms with van der Waals surface area (Å²) < 4.78 is 5.87. The van der Waals surface area contributed by atoms with Crippen LogP contribution in [0.25, 0.3) is 6.08 Å². The van der Waals surface area contributed by atoms with Crippen LogP contribution in [-0.4, -0.2) is 49.9 Å². The van der Waals surface area contributed by atoms with Gasteiger partial charge in [-0.15, -0.1) is 0 Å². The van der Waals surface area contributed by atoms with Crippen molar-refractivity contribution in [2.45, 2.75) is 64.3 Å². The first-order valence-corrected chi connectivity index (χ1v) is 12.0. The van der Waals surface area contributed by atoms with Crippen molar-refractivity contribution in [3.63, 3.8) is 0 Å². The number of thioether (sulfide) groups is 1. The third-order valence-corrected chi connectivity index (χ3v) is 6.33. The van der Waals surface area contributed by atoms with Gasteiger partial charge in [-0.2, -0.15) is 0 Å². The summed E-state index contributed by atoms with van der Waals surface area (Å²) in [5.41, 5.74) is 0.759. The molecule has 1 heterocycles. The largest absolute Gasteiger partial charge is 0.494 e. The minimum Gasteiger partial charge on any atom is -0.494 e. The van der Waals surface area contributed by atoms with Crippen LogP contribution in [0.15, 0.2) is 29.2 Å². The fourth-order valence-electron chi connectivity index (χ4n) is 3.26. The number of carboxylic acids is 2. The molecule has 0 bridgehead atoms. The van der Waals surface area contributed by atoms with Crippen LogP contribution in [0.2, 0.25) is 0 Å². The van der Waals surface area contributed by atoms with Gasteiger partial charge in [0.15, 0.2) is 0 Å². The number of ether oxygens (including phenoxy) is 1. The molecule has 1 fully saturated rings. The summed E-state index contributed by atoms with van der Waals surface area (Å²) in [4.78, 5) is 36.5. The van der Waals surface area contributed by atoms with E-state index < -0.39 is 23.9 Å². The van der Waals surface area contributed by atoms with Crippen molar-refractivity contribution in [1.82, 2.24) is 4.90 Å². The zero-order chi connectivity index (χ0) is 23.5. The second-order valence-corrected chi connectivity index (χ2v) is 9.20. The monoisotopic (exact) mass is 479 g/mol. The van der Waals surface area contributed by atoms with Crippen molar-refractivity contribution in [3.8, 4) is 5.75 Å². The highest BCUT2D eigenvalue weighted by Crippen LogP contribution is 2.35. The van der Waals surface area contributed by atoms with Gasteiger partial charge in [0.05, 0.1) is 11.5 Å². The van der Waals surface area contributed by atoms with Gasteiger partial charge in [-0.1, -0.05) is 75.1 Å². The molecule has 1 aromatic carbocycles. The van der Waals surface area contributed by atoms with E-state index in [-0.39, 0.29) is 17.2 Å². The van der Waals surface area contributed by atoms with E-state index >= 15 is 0 Å². The number of aliphatic carboxylic acids is 2. The maximum Gasteiger partial charge on any atom is 0.326 e. The third-order valence-electron chi connectivity index (χ3n) is 5.00. The maximum atomic E-state index is 12.8. The first-order chi connectivity index (χ1) is 15.3. The van der Waals surface area contributed by atoms with Crippen LogP contribution < -0.4 is 4.74 Å². The minimum absolute atomic E-state index is 0.109. The number of thiocarbonyl (C=S) groups is 1. The van der Waals surface area contributed by atoms with E-state index in [1.807, 2.05) is 24.3 Å². The smallest absolute Gasteiger partial charge is 0.326 e. The summed E-state index contributed by atoms with van der Waals surface area (Å²) >= 11 is 6.21. The van der Waals surface area contributed by atoms with Gasteiger partial charge in [0, 0.05) is 6.42 Å². The van der Waals surface area contributed by atoms with Gasteiger partial charge in [-0.25, -0.2) is 4.79 Å². The molecule has 1 amide bonds. The number of unbranched alkanes of at least 4 members (excludes halogenated alkanes) is 5. The quantitative estimate of drug-likeness (QED) is 0.220. The lowest BCUT2D eigenvalue weighted by Crippen LogP contribution is -2.44. The van der Waals surface area contributed by atoms with E-state index in [1.54, 1.807) is 6.08 Å². The van der Waals surface area contributed by atoms with Crippen LogP contribution in [0.5, 0.6) is 5.75 Å². The van der Waals surface area contributed by atoms with Crippen LogP contribution in [0, 0.1) is 0 Å². The molecule has 0 saturated carbocycles. The molecular weight excluding hydrogens is 450 g/mol. The van der Waals surface area contributed by atoms with Gasteiger partial charge >= 0.3 is 11.9 Å². The number of nitrogens with zero attached hydrogens (tertiary/aromatic N) is 1. The molecule has 1 saturated heterocycles. The van der Waals surface area contributed by atoms with Crippen LogP contribution in [0.3, 0.4) is 0 Å². The summed E-state index contributed by atoms with van der Waals surface area (Å²) in [7, 11) is 0. The second-order valence-electron chi connectivity index (χ2n) is 7.52. The molecular formula is C23H29NO6S2. The molecule has 1 aromatic rings. The fraction of sp³-hybridized carbons (Fsp3) is 0.478. The Morgan fingerprint density at radius 2 is 1.78 bits per heavy atom. The van der Waals surface area contributed by atoms with Gasteiger partial charge in [0.2, 0.25) is 0 Å². The predicted molar refractivity (Wildman–Crippen MR) is 129 cm³/mol. The van der Waals surface area contributed by atoms with Crippen molar-refractivity contribution in [3.05, 3.63) is 34.7 Å². The minimum atomic E-state index is -1.30. The molecule has 2 rings (SSSR count). The topological polar surface area (TPSA) is 104 Å². The highest BCUT2D eigenvalue weighted by molar-refractivity contribution is 8.26. The lowest BCUT2D eigenvalue weighted by molar-refractivity contribution is -0.146. The van der Waals surface area contributed by atoms with Gasteiger partial charge in [-0.3, -0.25) is 14.5 Å². The Morgan fingerprint density at radius 1 is 1.12 bits per heavy atom. The van der Waals surface area contributed by atoms with Crippen LogP contribution in [0.4, 0.5) is 0 Å². The standard InChI is InChI=1S/C23H29NO6S2/c1-2-3-4-5-6-7-14-30-17-10-8-16(9-11-17)15-19-21(27)24(23(31)32-19)18(22(28)29)12-13-20(25)26/h8-11,15,18H,2-7,12-14H2,1H3,(H,25,26)(H,28,29)/b19-15-. The molecule has 0 radical (unpaired) electrons. The number of carbonyl (C=O) groups is 3. The average Bonchev–Trinajstić information content (AvgIpc) is 3.02. The lowest BCUT2D eigenvalue weighted by Gasteiger charge is -2.22. The number of benzene rings is 1. The lowest BCUT2D eigenvalue weighted by atomic mass is 10.1. The highest BCUT2D eigenvalue weighted by atomic mass is 32.2. The Balaban J connectivity index is 1.94. The van der Waals surface area contributed by atoms with Crippen molar-refractivity contribution < 1.29 is 29.3 Å². The molecule has 174 valence electrons. The van der Waals surface area contributed by atoms with Gasteiger partial charge < -0.3 is 14.9 Å². The first-order valence-electron chi connectivity index (χ1n) is 10.8. The molecule has 1 aliphatic heterocycles. The van der Waals surface area contributed by atoms with Gasteiger partial charge in [-0.05, 0) is 36.6 Å². The van der Waals surface area contributed by atoms with Crippen molar-refractivity contribution in [2.24, 2.45) is 0 Å². The van der Waals surface area contributed by atoms with Crippen LogP contribution in [-0.2, 0) is 14.4 Å². The SMILES string of the molecule is CCCCCCCCOc1ccc(/C=C2\SC(=S)N(C(CCC(=O)O)C(=O)O)C2=O)cc1. The fourth-order valence-corrected chi connectivity index (χ4v) is 4.61. The van der Waals surface area contributed by atoms with E-state index in [2.05, 4.69) is 6.92 Å². The molecule has 7 nitrogen and oxygen atoms in total. The highest BCUT2D eigenvalue weighted by Gasteiger charge is 2.40. The summed E-state index contributed by atoms with van der Waals surface area (Å²) in [6.07, 6.45) is 8.25. The number of carboxylic acid groups (broad SMARTS) is 2. The number of amides is 1. The molecule has 0 aromatic heterocycles. The number of hydrogen-bond acceptors (Lipinski definition) is 6. The molecule has 2 N–H and O–H groups in total. The average molecular weight is 480 g/mol. The van der Waals surface area contributed by atoms with Gasteiger partial charge in [0.25, 0.3) is 5.91 Å². The van der Waals surface area contributed by atoms with E-state index in [9.17, 15) is 19.5 Å². The van der Waals surface area contributed by atoms with Crippen LogP contribution >= 0.6 is 24.0 Å². The third kappa shape index (κ3) is 7.94. The number of rotatable bonds is 14. The first kappa shape index (κ1) is 25.9. The number of carbonyl (C=O) groups excluding carboxylic acids is 1. The van der Waals surface area contributed by atoms with Gasteiger partial charge in [0.1, 0.15) is 16.1 Å². The molecule has 0 spiro atoms. The molecule has 0 aliphatic carbocycles. The summed E-state index contributed by atoms with van der Waals surface area (Å²) in [5, 5.41) is 18.3. The maximum absolute atomic E-state index is 12.8. The Hall–Kier alpha value is -2.39. The molecule has 1 aliphatic rings. The van der Waals surface area contributed by atoms with Crippen molar-refractivity contribution >= 4 is 52.2 Å². The van der Waals surface area contributed by atoms with Crippen LogP contribution in [0.1, 0.15) is 63.9 Å². The van der Waals surface area contributed by atoms with Crippen molar-refractivity contribution in [2.75, 3.05) is 6.61 Å². The molecule has 1 atom stereocenters. The van der Waals surface area contributed by atoms with Crippen molar-refractivity contribution in [1.29, 1.82) is 0 Å². The van der Waals surface area contributed by atoms with E-state index in [1.165, 1.54) is 25.7 Å². The Morgan fingerprint density at radius 3 is 2.41 bits per heavy atom. The zero-order valence-electron chi connectivity index (χ0n) is 18.1. The summed E-state index contributed by atoms with van der Waals surface area (Å²) in [6.45, 7) is 2.86. The predicted octanol–water partition coefficient (Wildman–Crippen LogP) is 4.95. The van der Waals surface area contributed by atoms with E-state index in [0.717, 1.165) is 40.8 Å². The molecule has 9 heteroatoms. The second kappa shape index (κ2) is 13.2. The zero-order valence-corrected chi connectivity index (χ0v) is 19.8. The van der Waals surface area contributed by atoms with E-state index in [4.69, 9.17) is 22.1 Å². The summed E-state index contributed by atoms with van der Waals surface area (Å²) in [6, 6.07) is 6.00. The molecule has 1 unspecified atom stereocenters.